The molecule has 4 heteroatoms. The Morgan fingerprint density at radius 2 is 1.90 bits per heavy atom. The highest BCUT2D eigenvalue weighted by molar-refractivity contribution is 9.10. The number of rotatable bonds is 5. The molecule has 110 valence electrons. The lowest BCUT2D eigenvalue weighted by molar-refractivity contribution is -0.151. The first-order valence-corrected chi connectivity index (χ1v) is 7.55. The molecule has 0 N–H and O–H groups in total. The van der Waals surface area contributed by atoms with Crippen LogP contribution in [0, 0.1) is 6.92 Å². The summed E-state index contributed by atoms with van der Waals surface area (Å²) in [5, 5.41) is 0. The van der Waals surface area contributed by atoms with Crippen molar-refractivity contribution in [3.8, 4) is 5.75 Å². The van der Waals surface area contributed by atoms with E-state index in [1.807, 2.05) is 55.5 Å². The standard InChI is InChI=1S/C17H17BrO3/c1-3-20-17(19)16(13-7-5-4-6-8-13)21-14-9-10-15(18)12(2)11-14/h4-11,16H,3H2,1-2H3. The van der Waals surface area contributed by atoms with Crippen molar-refractivity contribution in [2.75, 3.05) is 6.61 Å². The molecule has 2 aromatic rings. The van der Waals surface area contributed by atoms with E-state index in [0.717, 1.165) is 15.6 Å². The Morgan fingerprint density at radius 1 is 1.19 bits per heavy atom. The zero-order valence-corrected chi connectivity index (χ0v) is 13.6. The maximum atomic E-state index is 12.1. The Bertz CT molecular complexity index is 611. The Kier molecular flexibility index (Phi) is 5.39. The molecule has 0 fully saturated rings. The van der Waals surface area contributed by atoms with E-state index in [9.17, 15) is 4.79 Å². The summed E-state index contributed by atoms with van der Waals surface area (Å²) < 4.78 is 12.0. The molecule has 1 atom stereocenters. The third kappa shape index (κ3) is 4.08. The van der Waals surface area contributed by atoms with E-state index >= 15 is 0 Å². The number of carbonyl (C=O) groups is 1. The van der Waals surface area contributed by atoms with Gasteiger partial charge in [-0.15, -0.1) is 0 Å². The molecule has 0 aromatic heterocycles. The van der Waals surface area contributed by atoms with Crippen molar-refractivity contribution in [1.29, 1.82) is 0 Å². The quantitative estimate of drug-likeness (QED) is 0.749. The minimum atomic E-state index is -0.758. The number of benzene rings is 2. The lowest BCUT2D eigenvalue weighted by atomic mass is 10.1. The topological polar surface area (TPSA) is 35.5 Å². The number of hydrogen-bond acceptors (Lipinski definition) is 3. The van der Waals surface area contributed by atoms with Crippen LogP contribution in [-0.2, 0) is 9.53 Å². The molecule has 0 radical (unpaired) electrons. The van der Waals surface area contributed by atoms with Crippen LogP contribution < -0.4 is 4.74 Å². The van der Waals surface area contributed by atoms with Gasteiger partial charge in [-0.25, -0.2) is 4.79 Å². The molecule has 0 amide bonds. The van der Waals surface area contributed by atoms with E-state index < -0.39 is 6.10 Å². The zero-order chi connectivity index (χ0) is 15.2. The van der Waals surface area contributed by atoms with Gasteiger partial charge < -0.3 is 9.47 Å². The van der Waals surface area contributed by atoms with Crippen LogP contribution in [0.4, 0.5) is 0 Å². The predicted molar refractivity (Wildman–Crippen MR) is 85.3 cm³/mol. The molecule has 0 aliphatic heterocycles. The van der Waals surface area contributed by atoms with Crippen LogP contribution in [0.15, 0.2) is 53.0 Å². The van der Waals surface area contributed by atoms with E-state index in [2.05, 4.69) is 15.9 Å². The Hall–Kier alpha value is -1.81. The molecule has 0 heterocycles. The first-order valence-electron chi connectivity index (χ1n) is 6.76. The largest absolute Gasteiger partial charge is 0.474 e. The van der Waals surface area contributed by atoms with Gasteiger partial charge in [0.2, 0.25) is 6.10 Å². The van der Waals surface area contributed by atoms with Gasteiger partial charge in [0.15, 0.2) is 0 Å². The zero-order valence-electron chi connectivity index (χ0n) is 12.0. The minimum absolute atomic E-state index is 0.324. The highest BCUT2D eigenvalue weighted by Gasteiger charge is 2.24. The van der Waals surface area contributed by atoms with Crippen molar-refractivity contribution in [2.45, 2.75) is 20.0 Å². The third-order valence-electron chi connectivity index (χ3n) is 2.99. The summed E-state index contributed by atoms with van der Waals surface area (Å²) in [5.41, 5.74) is 1.82. The number of halogens is 1. The number of hydrogen-bond donors (Lipinski definition) is 0. The van der Waals surface area contributed by atoms with Gasteiger partial charge in [-0.1, -0.05) is 46.3 Å². The molecule has 0 saturated heterocycles. The number of ether oxygens (including phenoxy) is 2. The van der Waals surface area contributed by atoms with Gasteiger partial charge in [0.05, 0.1) is 6.61 Å². The predicted octanol–water partition coefficient (Wildman–Crippen LogP) is 4.44. The van der Waals surface area contributed by atoms with E-state index in [1.54, 1.807) is 6.92 Å². The molecular formula is C17H17BrO3. The van der Waals surface area contributed by atoms with Gasteiger partial charge >= 0.3 is 5.97 Å². The van der Waals surface area contributed by atoms with Crippen LogP contribution in [0.3, 0.4) is 0 Å². The average molecular weight is 349 g/mol. The monoisotopic (exact) mass is 348 g/mol. The lowest BCUT2D eigenvalue weighted by Gasteiger charge is -2.18. The van der Waals surface area contributed by atoms with Gasteiger partial charge in [0, 0.05) is 10.0 Å². The fourth-order valence-electron chi connectivity index (χ4n) is 1.92. The van der Waals surface area contributed by atoms with Crippen LogP contribution >= 0.6 is 15.9 Å². The van der Waals surface area contributed by atoms with Crippen molar-refractivity contribution in [1.82, 2.24) is 0 Å². The smallest absolute Gasteiger partial charge is 0.352 e. The molecule has 0 saturated carbocycles. The first-order chi connectivity index (χ1) is 10.1. The van der Waals surface area contributed by atoms with Crippen molar-refractivity contribution < 1.29 is 14.3 Å². The Balaban J connectivity index is 2.27. The van der Waals surface area contributed by atoms with Gasteiger partial charge in [-0.2, -0.15) is 0 Å². The van der Waals surface area contributed by atoms with Gasteiger partial charge in [-0.3, -0.25) is 0 Å². The van der Waals surface area contributed by atoms with Crippen molar-refractivity contribution in [3.05, 3.63) is 64.1 Å². The van der Waals surface area contributed by atoms with Crippen LogP contribution in [0.5, 0.6) is 5.75 Å². The summed E-state index contributed by atoms with van der Waals surface area (Å²) in [5.74, 6) is 0.252. The second-order valence-electron chi connectivity index (χ2n) is 4.57. The highest BCUT2D eigenvalue weighted by Crippen LogP contribution is 2.27. The van der Waals surface area contributed by atoms with Crippen LogP contribution in [0.1, 0.15) is 24.2 Å². The number of carbonyl (C=O) groups excluding carboxylic acids is 1. The fourth-order valence-corrected chi connectivity index (χ4v) is 2.17. The maximum absolute atomic E-state index is 12.1. The lowest BCUT2D eigenvalue weighted by Crippen LogP contribution is -2.21. The third-order valence-corrected chi connectivity index (χ3v) is 3.88. The molecule has 21 heavy (non-hydrogen) atoms. The normalized spacial score (nSPS) is 11.8. The molecular weight excluding hydrogens is 332 g/mol. The van der Waals surface area contributed by atoms with Gasteiger partial charge in [-0.05, 0) is 37.6 Å². The highest BCUT2D eigenvalue weighted by atomic mass is 79.9. The van der Waals surface area contributed by atoms with E-state index in [4.69, 9.17) is 9.47 Å². The van der Waals surface area contributed by atoms with E-state index in [1.165, 1.54) is 0 Å². The molecule has 0 spiro atoms. The van der Waals surface area contributed by atoms with Crippen molar-refractivity contribution in [2.24, 2.45) is 0 Å². The summed E-state index contributed by atoms with van der Waals surface area (Å²) in [6, 6.07) is 15.0. The molecule has 0 aliphatic carbocycles. The van der Waals surface area contributed by atoms with Crippen LogP contribution in [0.2, 0.25) is 0 Å². The fraction of sp³-hybridized carbons (Fsp3) is 0.235. The second-order valence-corrected chi connectivity index (χ2v) is 5.43. The van der Waals surface area contributed by atoms with Gasteiger partial charge in [0.1, 0.15) is 5.75 Å². The second kappa shape index (κ2) is 7.27. The molecule has 2 rings (SSSR count). The van der Waals surface area contributed by atoms with Crippen LogP contribution in [0.25, 0.3) is 0 Å². The Labute approximate surface area is 133 Å². The minimum Gasteiger partial charge on any atom is -0.474 e. The van der Waals surface area contributed by atoms with Gasteiger partial charge in [0.25, 0.3) is 0 Å². The molecule has 0 bridgehead atoms. The SMILES string of the molecule is CCOC(=O)C(Oc1ccc(Br)c(C)c1)c1ccccc1. The number of esters is 1. The Morgan fingerprint density at radius 3 is 2.52 bits per heavy atom. The summed E-state index contributed by atoms with van der Waals surface area (Å²) in [6.07, 6.45) is -0.758. The summed E-state index contributed by atoms with van der Waals surface area (Å²) >= 11 is 3.45. The average Bonchev–Trinajstić information content (AvgIpc) is 2.49. The summed E-state index contributed by atoms with van der Waals surface area (Å²) in [4.78, 5) is 12.1. The first kappa shape index (κ1) is 15.6. The van der Waals surface area contributed by atoms with E-state index in [0.29, 0.717) is 12.4 Å². The molecule has 1 unspecified atom stereocenters. The molecule has 0 aliphatic rings. The van der Waals surface area contributed by atoms with E-state index in [-0.39, 0.29) is 5.97 Å². The van der Waals surface area contributed by atoms with Crippen molar-refractivity contribution in [3.63, 3.8) is 0 Å². The number of aryl methyl sites for hydroxylation is 1. The maximum Gasteiger partial charge on any atom is 0.352 e. The molecule has 3 nitrogen and oxygen atoms in total. The van der Waals surface area contributed by atoms with Crippen molar-refractivity contribution >= 4 is 21.9 Å². The molecule has 2 aromatic carbocycles. The summed E-state index contributed by atoms with van der Waals surface area (Å²) in [7, 11) is 0. The van der Waals surface area contributed by atoms with Crippen LogP contribution in [-0.4, -0.2) is 12.6 Å². The summed E-state index contributed by atoms with van der Waals surface area (Å²) in [6.45, 7) is 4.08.